The number of carbonyl (C=O) groups excluding carboxylic acids is 1. The molecule has 1 aromatic carbocycles. The van der Waals surface area contributed by atoms with E-state index < -0.39 is 5.97 Å². The number of anilines is 1. The Balaban J connectivity index is 2.46. The Morgan fingerprint density at radius 1 is 1.28 bits per heavy atom. The van der Waals surface area contributed by atoms with Gasteiger partial charge in [-0.2, -0.15) is 0 Å². The maximum absolute atomic E-state index is 12.8. The summed E-state index contributed by atoms with van der Waals surface area (Å²) in [5.41, 5.74) is 7.21. The third-order valence-electron chi connectivity index (χ3n) is 2.50. The van der Waals surface area contributed by atoms with Gasteiger partial charge in [-0.05, 0) is 23.8 Å². The summed E-state index contributed by atoms with van der Waals surface area (Å²) in [6.07, 6.45) is 1.52. The number of carbonyl (C=O) groups is 1. The van der Waals surface area contributed by atoms with Crippen LogP contribution in [0.15, 0.2) is 36.5 Å². The Bertz CT molecular complexity index is 582. The summed E-state index contributed by atoms with van der Waals surface area (Å²) in [4.78, 5) is 15.4. The van der Waals surface area contributed by atoms with Crippen LogP contribution >= 0.6 is 0 Å². The number of hydrogen-bond donors (Lipinski definition) is 1. The number of rotatable bonds is 2. The number of pyridine rings is 1. The molecule has 0 aliphatic carbocycles. The van der Waals surface area contributed by atoms with Crippen LogP contribution in [-0.4, -0.2) is 18.1 Å². The number of hydrogen-bond acceptors (Lipinski definition) is 4. The molecule has 0 radical (unpaired) electrons. The number of benzene rings is 1. The number of methoxy groups -OCH3 is 1. The predicted molar refractivity (Wildman–Crippen MR) is 65.4 cm³/mol. The molecule has 0 aliphatic heterocycles. The van der Waals surface area contributed by atoms with E-state index in [4.69, 9.17) is 5.73 Å². The number of nitrogens with zero attached hydrogens (tertiary/aromatic N) is 1. The maximum atomic E-state index is 12.8. The van der Waals surface area contributed by atoms with Gasteiger partial charge in [0.25, 0.3) is 0 Å². The molecule has 5 heteroatoms. The van der Waals surface area contributed by atoms with Crippen molar-refractivity contribution in [3.8, 4) is 11.1 Å². The molecule has 2 aromatic rings. The average Bonchev–Trinajstić information content (AvgIpc) is 2.39. The molecule has 0 spiro atoms. The standard InChI is InChI=1S/C13H11FN2O2/c1-18-13(17)11-6-9(7-16-12(11)15)8-2-4-10(14)5-3-8/h2-7H,1H3,(H2,15,16). The monoisotopic (exact) mass is 246 g/mol. The van der Waals surface area contributed by atoms with Crippen LogP contribution in [-0.2, 0) is 4.74 Å². The molecule has 0 aliphatic rings. The van der Waals surface area contributed by atoms with Crippen LogP contribution in [0.5, 0.6) is 0 Å². The van der Waals surface area contributed by atoms with Gasteiger partial charge in [0.1, 0.15) is 17.2 Å². The van der Waals surface area contributed by atoms with Gasteiger partial charge in [0.15, 0.2) is 0 Å². The Morgan fingerprint density at radius 3 is 2.56 bits per heavy atom. The topological polar surface area (TPSA) is 65.2 Å². The van der Waals surface area contributed by atoms with Gasteiger partial charge in [-0.3, -0.25) is 0 Å². The second-order valence-electron chi connectivity index (χ2n) is 3.66. The fraction of sp³-hybridized carbons (Fsp3) is 0.0769. The van der Waals surface area contributed by atoms with Gasteiger partial charge in [0.2, 0.25) is 0 Å². The Hall–Kier alpha value is -2.43. The molecule has 2 N–H and O–H groups in total. The molecular formula is C13H11FN2O2. The molecule has 0 saturated heterocycles. The second-order valence-corrected chi connectivity index (χ2v) is 3.66. The van der Waals surface area contributed by atoms with Crippen LogP contribution in [0.1, 0.15) is 10.4 Å². The Kier molecular flexibility index (Phi) is 3.23. The minimum Gasteiger partial charge on any atom is -0.465 e. The average molecular weight is 246 g/mol. The fourth-order valence-electron chi connectivity index (χ4n) is 1.55. The highest BCUT2D eigenvalue weighted by Gasteiger charge is 2.12. The molecule has 1 heterocycles. The van der Waals surface area contributed by atoms with Crippen LogP contribution < -0.4 is 5.73 Å². The van der Waals surface area contributed by atoms with Crippen molar-refractivity contribution in [3.05, 3.63) is 47.9 Å². The molecule has 4 nitrogen and oxygen atoms in total. The Labute approximate surface area is 103 Å². The first kappa shape index (κ1) is 12.0. The molecule has 18 heavy (non-hydrogen) atoms. The number of halogens is 1. The van der Waals surface area contributed by atoms with Gasteiger partial charge in [0.05, 0.1) is 7.11 Å². The number of ether oxygens (including phenoxy) is 1. The van der Waals surface area contributed by atoms with Gasteiger partial charge >= 0.3 is 5.97 Å². The molecule has 0 saturated carbocycles. The lowest BCUT2D eigenvalue weighted by Gasteiger charge is -2.06. The van der Waals surface area contributed by atoms with Crippen molar-refractivity contribution in [1.82, 2.24) is 4.98 Å². The van der Waals surface area contributed by atoms with E-state index in [0.717, 1.165) is 5.56 Å². The van der Waals surface area contributed by atoms with E-state index in [9.17, 15) is 9.18 Å². The van der Waals surface area contributed by atoms with Crippen molar-refractivity contribution in [2.45, 2.75) is 0 Å². The third-order valence-corrected chi connectivity index (χ3v) is 2.50. The molecule has 2 rings (SSSR count). The van der Waals surface area contributed by atoms with E-state index in [1.54, 1.807) is 18.2 Å². The van der Waals surface area contributed by atoms with E-state index in [0.29, 0.717) is 5.56 Å². The van der Waals surface area contributed by atoms with Crippen molar-refractivity contribution in [2.75, 3.05) is 12.8 Å². The van der Waals surface area contributed by atoms with E-state index >= 15 is 0 Å². The molecule has 1 aromatic heterocycles. The van der Waals surface area contributed by atoms with Gasteiger partial charge < -0.3 is 10.5 Å². The smallest absolute Gasteiger partial charge is 0.341 e. The van der Waals surface area contributed by atoms with Gasteiger partial charge in [-0.25, -0.2) is 14.2 Å². The second kappa shape index (κ2) is 4.83. The number of aromatic nitrogens is 1. The van der Waals surface area contributed by atoms with Crippen LogP contribution in [0.3, 0.4) is 0 Å². The van der Waals surface area contributed by atoms with E-state index in [2.05, 4.69) is 9.72 Å². The lowest BCUT2D eigenvalue weighted by Crippen LogP contribution is -2.07. The van der Waals surface area contributed by atoms with Crippen molar-refractivity contribution < 1.29 is 13.9 Å². The highest BCUT2D eigenvalue weighted by molar-refractivity contribution is 5.95. The summed E-state index contributed by atoms with van der Waals surface area (Å²) in [5.74, 6) is -0.771. The summed E-state index contributed by atoms with van der Waals surface area (Å²) in [5, 5.41) is 0. The fourth-order valence-corrected chi connectivity index (χ4v) is 1.55. The van der Waals surface area contributed by atoms with Crippen molar-refractivity contribution >= 4 is 11.8 Å². The van der Waals surface area contributed by atoms with Crippen LogP contribution in [0.2, 0.25) is 0 Å². The summed E-state index contributed by atoms with van der Waals surface area (Å²) in [6.45, 7) is 0. The summed E-state index contributed by atoms with van der Waals surface area (Å²) < 4.78 is 17.4. The van der Waals surface area contributed by atoms with Gasteiger partial charge in [-0.15, -0.1) is 0 Å². The maximum Gasteiger partial charge on any atom is 0.341 e. The molecule has 0 amide bonds. The van der Waals surface area contributed by atoms with Crippen molar-refractivity contribution in [3.63, 3.8) is 0 Å². The first-order valence-corrected chi connectivity index (χ1v) is 5.21. The lowest BCUT2D eigenvalue weighted by molar-refractivity contribution is 0.0601. The molecule has 0 atom stereocenters. The zero-order valence-electron chi connectivity index (χ0n) is 9.68. The molecule has 92 valence electrons. The van der Waals surface area contributed by atoms with E-state index in [1.807, 2.05) is 0 Å². The highest BCUT2D eigenvalue weighted by atomic mass is 19.1. The molecular weight excluding hydrogens is 235 g/mol. The van der Waals surface area contributed by atoms with Crippen molar-refractivity contribution in [1.29, 1.82) is 0 Å². The summed E-state index contributed by atoms with van der Waals surface area (Å²) in [6, 6.07) is 7.45. The largest absolute Gasteiger partial charge is 0.465 e. The predicted octanol–water partition coefficient (Wildman–Crippen LogP) is 2.26. The molecule has 0 bridgehead atoms. The molecule has 0 fully saturated rings. The first-order valence-electron chi connectivity index (χ1n) is 5.21. The first-order chi connectivity index (χ1) is 8.61. The number of nitrogens with two attached hydrogens (primary N) is 1. The minimum absolute atomic E-state index is 0.104. The zero-order chi connectivity index (χ0) is 13.1. The minimum atomic E-state index is -0.552. The van der Waals surface area contributed by atoms with E-state index in [-0.39, 0.29) is 17.2 Å². The van der Waals surface area contributed by atoms with Gasteiger partial charge in [-0.1, -0.05) is 12.1 Å². The van der Waals surface area contributed by atoms with Crippen LogP contribution in [0.25, 0.3) is 11.1 Å². The van der Waals surface area contributed by atoms with Crippen LogP contribution in [0, 0.1) is 5.82 Å². The summed E-state index contributed by atoms with van der Waals surface area (Å²) in [7, 11) is 1.27. The third kappa shape index (κ3) is 2.29. The lowest BCUT2D eigenvalue weighted by atomic mass is 10.1. The number of esters is 1. The quantitative estimate of drug-likeness (QED) is 0.825. The summed E-state index contributed by atoms with van der Waals surface area (Å²) >= 11 is 0. The Morgan fingerprint density at radius 2 is 1.94 bits per heavy atom. The molecule has 0 unspecified atom stereocenters. The number of nitrogen functional groups attached to an aromatic ring is 1. The van der Waals surface area contributed by atoms with Crippen molar-refractivity contribution in [2.24, 2.45) is 0 Å². The normalized spacial score (nSPS) is 10.1. The van der Waals surface area contributed by atoms with Gasteiger partial charge in [0, 0.05) is 11.8 Å². The van der Waals surface area contributed by atoms with E-state index in [1.165, 1.54) is 25.4 Å². The highest BCUT2D eigenvalue weighted by Crippen LogP contribution is 2.22. The SMILES string of the molecule is COC(=O)c1cc(-c2ccc(F)cc2)cnc1N. The van der Waals surface area contributed by atoms with Crippen LogP contribution in [0.4, 0.5) is 10.2 Å². The zero-order valence-corrected chi connectivity index (χ0v) is 9.68.